The predicted molar refractivity (Wildman–Crippen MR) is 116 cm³/mol. The molecular weight excluding hydrogens is 370 g/mol. The number of fused-ring (bicyclic) bond motifs is 1. The van der Waals surface area contributed by atoms with Crippen molar-refractivity contribution in [3.05, 3.63) is 67.5 Å². The summed E-state index contributed by atoms with van der Waals surface area (Å²) < 4.78 is 5.61. The van der Waals surface area contributed by atoms with Gasteiger partial charge in [-0.15, -0.1) is 24.5 Å². The Morgan fingerprint density at radius 1 is 1.21 bits per heavy atom. The zero-order valence-electron chi connectivity index (χ0n) is 15.7. The minimum atomic E-state index is 0.471. The van der Waals surface area contributed by atoms with Crippen LogP contribution in [0.2, 0.25) is 0 Å². The number of amidine groups is 1. The third-order valence-electron chi connectivity index (χ3n) is 3.96. The van der Waals surface area contributed by atoms with Crippen LogP contribution in [0.1, 0.15) is 11.4 Å². The van der Waals surface area contributed by atoms with Crippen molar-refractivity contribution in [1.82, 2.24) is 15.0 Å². The van der Waals surface area contributed by atoms with Gasteiger partial charge in [-0.2, -0.15) is 0 Å². The summed E-state index contributed by atoms with van der Waals surface area (Å²) in [6.45, 7) is 11.6. The van der Waals surface area contributed by atoms with E-state index in [1.54, 1.807) is 30.8 Å². The van der Waals surface area contributed by atoms with Crippen molar-refractivity contribution in [1.29, 1.82) is 0 Å². The highest BCUT2D eigenvalue weighted by Gasteiger charge is 2.18. The minimum absolute atomic E-state index is 0.471. The molecule has 0 unspecified atom stereocenters. The van der Waals surface area contributed by atoms with Crippen LogP contribution in [0.15, 0.2) is 70.5 Å². The van der Waals surface area contributed by atoms with Crippen molar-refractivity contribution in [2.24, 2.45) is 9.98 Å². The molecule has 7 heteroatoms. The van der Waals surface area contributed by atoms with Crippen molar-refractivity contribution in [2.45, 2.75) is 6.92 Å². The lowest BCUT2D eigenvalue weighted by Crippen LogP contribution is -2.01. The Hall–Kier alpha value is -3.45. The summed E-state index contributed by atoms with van der Waals surface area (Å²) in [6.07, 6.45) is 5.21. The number of hydrogen-bond donors (Lipinski definition) is 0. The van der Waals surface area contributed by atoms with Crippen LogP contribution >= 0.6 is 11.3 Å². The standard InChI is InChI=1S/C19H15N5OS.C2H4/c1-11-17(26-19(23-11)12-5-4-7-22-10-12)16-13-6-8-25-15(13)9-14(24-16)18(20-2)21-3;1-2/h4-10H,2H2,1,3H3;1-2H2. The summed E-state index contributed by atoms with van der Waals surface area (Å²) in [5, 5.41) is 1.83. The summed E-state index contributed by atoms with van der Waals surface area (Å²) >= 11 is 1.58. The van der Waals surface area contributed by atoms with Crippen LogP contribution in [-0.2, 0) is 0 Å². The van der Waals surface area contributed by atoms with Gasteiger partial charge in [0, 0.05) is 36.5 Å². The fourth-order valence-corrected chi connectivity index (χ4v) is 3.81. The van der Waals surface area contributed by atoms with Gasteiger partial charge in [0.2, 0.25) is 0 Å². The van der Waals surface area contributed by atoms with Crippen LogP contribution in [0.4, 0.5) is 0 Å². The second-order valence-electron chi connectivity index (χ2n) is 5.57. The van der Waals surface area contributed by atoms with Crippen molar-refractivity contribution in [3.8, 4) is 21.1 Å². The van der Waals surface area contributed by atoms with Crippen molar-refractivity contribution in [2.75, 3.05) is 7.05 Å². The summed E-state index contributed by atoms with van der Waals surface area (Å²) in [6, 6.07) is 7.64. The van der Waals surface area contributed by atoms with Gasteiger partial charge in [-0.25, -0.2) is 15.0 Å². The monoisotopic (exact) mass is 389 g/mol. The Balaban J connectivity index is 0.00000109. The average molecular weight is 389 g/mol. The molecule has 0 fully saturated rings. The molecule has 0 aromatic carbocycles. The van der Waals surface area contributed by atoms with E-state index in [-0.39, 0.29) is 0 Å². The molecule has 0 radical (unpaired) electrons. The van der Waals surface area contributed by atoms with E-state index in [9.17, 15) is 0 Å². The van der Waals surface area contributed by atoms with Crippen LogP contribution in [0, 0.1) is 6.92 Å². The number of aliphatic imine (C=N–C) groups is 2. The van der Waals surface area contributed by atoms with Gasteiger partial charge >= 0.3 is 0 Å². The minimum Gasteiger partial charge on any atom is -0.464 e. The van der Waals surface area contributed by atoms with Crippen molar-refractivity contribution >= 4 is 34.9 Å². The third-order valence-corrected chi connectivity index (χ3v) is 5.17. The van der Waals surface area contributed by atoms with E-state index >= 15 is 0 Å². The lowest BCUT2D eigenvalue weighted by Gasteiger charge is -2.05. The first-order valence-electron chi connectivity index (χ1n) is 8.41. The number of thiazole rings is 1. The first kappa shape index (κ1) is 19.3. The molecule has 4 aromatic rings. The molecule has 0 spiro atoms. The van der Waals surface area contributed by atoms with Crippen LogP contribution in [0.25, 0.3) is 32.1 Å². The van der Waals surface area contributed by atoms with Gasteiger partial charge in [-0.3, -0.25) is 9.98 Å². The van der Waals surface area contributed by atoms with Crippen LogP contribution < -0.4 is 0 Å². The Morgan fingerprint density at radius 2 is 2.04 bits per heavy atom. The van der Waals surface area contributed by atoms with Crippen LogP contribution in [0.3, 0.4) is 0 Å². The molecule has 0 N–H and O–H groups in total. The maximum absolute atomic E-state index is 5.61. The van der Waals surface area contributed by atoms with Gasteiger partial charge in [0.25, 0.3) is 0 Å². The van der Waals surface area contributed by atoms with E-state index in [2.05, 4.69) is 34.8 Å². The van der Waals surface area contributed by atoms with Gasteiger partial charge in [0.1, 0.15) is 16.3 Å². The highest BCUT2D eigenvalue weighted by Crippen LogP contribution is 2.37. The molecule has 0 saturated carbocycles. The number of aromatic nitrogens is 3. The molecule has 6 nitrogen and oxygen atoms in total. The summed E-state index contributed by atoms with van der Waals surface area (Å²) in [5.74, 6) is 0.471. The SMILES string of the molecule is C=C.C=NC(=NC)c1cc2occc2c(-c2sc(-c3cccnc3)nc2C)n1. The fourth-order valence-electron chi connectivity index (χ4n) is 2.75. The van der Waals surface area contributed by atoms with Gasteiger partial charge in [-0.05, 0) is 31.8 Å². The topological polar surface area (TPSA) is 76.5 Å². The van der Waals surface area contributed by atoms with E-state index in [4.69, 9.17) is 14.4 Å². The van der Waals surface area contributed by atoms with Crippen molar-refractivity contribution in [3.63, 3.8) is 0 Å². The van der Waals surface area contributed by atoms with Gasteiger partial charge in [-0.1, -0.05) is 0 Å². The maximum atomic E-state index is 5.61. The van der Waals surface area contributed by atoms with Crippen molar-refractivity contribution < 1.29 is 4.42 Å². The second-order valence-corrected chi connectivity index (χ2v) is 6.57. The second kappa shape index (κ2) is 8.49. The molecule has 0 bridgehead atoms. The molecule has 0 aliphatic carbocycles. The third kappa shape index (κ3) is 3.52. The molecule has 28 heavy (non-hydrogen) atoms. The van der Waals surface area contributed by atoms with Gasteiger partial charge < -0.3 is 4.42 Å². The highest BCUT2D eigenvalue weighted by molar-refractivity contribution is 7.18. The predicted octanol–water partition coefficient (Wildman–Crippen LogP) is 5.20. The molecule has 0 atom stereocenters. The molecule has 4 aromatic heterocycles. The number of pyridine rings is 2. The summed E-state index contributed by atoms with van der Waals surface area (Å²) in [5.41, 5.74) is 4.04. The van der Waals surface area contributed by atoms with Crippen LogP contribution in [-0.4, -0.2) is 34.6 Å². The fraction of sp³-hybridized carbons (Fsp3) is 0.0952. The first-order chi connectivity index (χ1) is 13.7. The maximum Gasteiger partial charge on any atom is 0.172 e. The summed E-state index contributed by atoms with van der Waals surface area (Å²) in [7, 11) is 1.66. The Labute approximate surface area is 167 Å². The molecule has 0 aliphatic heterocycles. The Bertz CT molecular complexity index is 1140. The number of aryl methyl sites for hydroxylation is 1. The molecule has 4 rings (SSSR count). The zero-order valence-corrected chi connectivity index (χ0v) is 16.5. The molecule has 140 valence electrons. The summed E-state index contributed by atoms with van der Waals surface area (Å²) in [4.78, 5) is 22.7. The largest absolute Gasteiger partial charge is 0.464 e. The lowest BCUT2D eigenvalue weighted by atomic mass is 10.1. The van der Waals surface area contributed by atoms with Gasteiger partial charge in [0.05, 0.1) is 22.5 Å². The molecule has 0 amide bonds. The van der Waals surface area contributed by atoms with E-state index in [1.165, 1.54) is 0 Å². The first-order valence-corrected chi connectivity index (χ1v) is 9.23. The smallest absolute Gasteiger partial charge is 0.172 e. The molecular formula is C21H19N5OS. The highest BCUT2D eigenvalue weighted by atomic mass is 32.1. The van der Waals surface area contributed by atoms with Gasteiger partial charge in [0.15, 0.2) is 5.84 Å². The van der Waals surface area contributed by atoms with E-state index in [0.29, 0.717) is 11.5 Å². The number of nitrogens with zero attached hydrogens (tertiary/aromatic N) is 5. The van der Waals surface area contributed by atoms with E-state index in [1.807, 2.05) is 37.4 Å². The molecule has 4 heterocycles. The quantitative estimate of drug-likeness (QED) is 0.274. The average Bonchev–Trinajstić information content (AvgIpc) is 3.37. The molecule has 0 saturated heterocycles. The zero-order chi connectivity index (χ0) is 20.1. The number of hydrogen-bond acceptors (Lipinski definition) is 6. The molecule has 0 aliphatic rings. The Morgan fingerprint density at radius 3 is 2.71 bits per heavy atom. The van der Waals surface area contributed by atoms with E-state index in [0.717, 1.165) is 37.8 Å². The Kier molecular flexibility index (Phi) is 5.86. The number of furan rings is 1. The lowest BCUT2D eigenvalue weighted by molar-refractivity contribution is 0.615. The number of rotatable bonds is 3. The van der Waals surface area contributed by atoms with Crippen LogP contribution in [0.5, 0.6) is 0 Å². The van der Waals surface area contributed by atoms with E-state index < -0.39 is 0 Å². The normalized spacial score (nSPS) is 11.1.